The Bertz CT molecular complexity index is 580. The minimum atomic E-state index is 0.672. The highest BCUT2D eigenvalue weighted by molar-refractivity contribution is 5.56. The first-order chi connectivity index (χ1) is 8.69. The van der Waals surface area contributed by atoms with Crippen LogP contribution in [0.4, 0.5) is 17.1 Å². The van der Waals surface area contributed by atoms with Gasteiger partial charge < -0.3 is 11.5 Å². The van der Waals surface area contributed by atoms with Gasteiger partial charge in [-0.1, -0.05) is 35.9 Å². The molecule has 3 nitrogen and oxygen atoms in total. The lowest BCUT2D eigenvalue weighted by Gasteiger charge is -2.06. The number of rotatable bonds is 3. The molecule has 0 aromatic heterocycles. The van der Waals surface area contributed by atoms with Gasteiger partial charge in [0, 0.05) is 11.4 Å². The number of benzene rings is 2. The van der Waals surface area contributed by atoms with Gasteiger partial charge in [0.25, 0.3) is 0 Å². The van der Waals surface area contributed by atoms with Crippen LogP contribution in [0.2, 0.25) is 0 Å². The average Bonchev–Trinajstić information content (AvgIpc) is 2.38. The van der Waals surface area contributed by atoms with Gasteiger partial charge in [-0.2, -0.15) is 0 Å². The van der Waals surface area contributed by atoms with E-state index in [4.69, 9.17) is 18.0 Å². The molecule has 0 atom stereocenters. The van der Waals surface area contributed by atoms with E-state index in [2.05, 4.69) is 4.85 Å². The highest BCUT2D eigenvalue weighted by Crippen LogP contribution is 2.19. The Morgan fingerprint density at radius 2 is 1.67 bits per heavy atom. The first-order valence-electron chi connectivity index (χ1n) is 5.79. The molecule has 0 unspecified atom stereocenters. The fraction of sp³-hybridized carbons (Fsp3) is 0.133. The van der Waals surface area contributed by atoms with Crippen LogP contribution in [-0.4, -0.2) is 0 Å². The van der Waals surface area contributed by atoms with Crippen LogP contribution in [0.25, 0.3) is 4.85 Å². The largest absolute Gasteiger partial charge is 0.399 e. The summed E-state index contributed by atoms with van der Waals surface area (Å²) in [5.74, 6) is 0. The summed E-state index contributed by atoms with van der Waals surface area (Å²) in [6.07, 6.45) is 1.79. The van der Waals surface area contributed by atoms with Gasteiger partial charge in [0.1, 0.15) is 0 Å². The summed E-state index contributed by atoms with van der Waals surface area (Å²) in [5.41, 5.74) is 16.0. The van der Waals surface area contributed by atoms with E-state index in [1.54, 1.807) is 6.07 Å². The fourth-order valence-electron chi connectivity index (χ4n) is 1.86. The lowest BCUT2D eigenvalue weighted by molar-refractivity contribution is 0.964. The summed E-state index contributed by atoms with van der Waals surface area (Å²) in [7, 11) is 0. The molecule has 0 amide bonds. The Hall–Kier alpha value is -2.47. The van der Waals surface area contributed by atoms with Crippen LogP contribution >= 0.6 is 0 Å². The highest BCUT2D eigenvalue weighted by Gasteiger charge is 2.01. The van der Waals surface area contributed by atoms with E-state index in [-0.39, 0.29) is 0 Å². The normalized spacial score (nSPS) is 9.94. The van der Waals surface area contributed by atoms with E-state index in [0.717, 1.165) is 24.1 Å². The number of nitrogen functional groups attached to an aromatic ring is 2. The first-order valence-corrected chi connectivity index (χ1v) is 5.79. The van der Waals surface area contributed by atoms with Gasteiger partial charge in [-0.25, -0.2) is 4.85 Å². The minimum Gasteiger partial charge on any atom is -0.399 e. The van der Waals surface area contributed by atoms with Crippen LogP contribution in [0.15, 0.2) is 42.5 Å². The van der Waals surface area contributed by atoms with E-state index in [1.807, 2.05) is 36.4 Å². The van der Waals surface area contributed by atoms with Crippen molar-refractivity contribution in [2.45, 2.75) is 12.8 Å². The maximum Gasteiger partial charge on any atom is 0.187 e. The number of hydrogen-bond acceptors (Lipinski definition) is 2. The van der Waals surface area contributed by atoms with Crippen molar-refractivity contribution in [3.63, 3.8) is 0 Å². The Morgan fingerprint density at radius 3 is 2.28 bits per heavy atom. The van der Waals surface area contributed by atoms with E-state index < -0.39 is 0 Å². The number of anilines is 2. The highest BCUT2D eigenvalue weighted by atomic mass is 14.6. The Kier molecular flexibility index (Phi) is 3.49. The third-order valence-electron chi connectivity index (χ3n) is 2.92. The zero-order valence-electron chi connectivity index (χ0n) is 10.1. The molecule has 4 N–H and O–H groups in total. The molecule has 0 heterocycles. The summed E-state index contributed by atoms with van der Waals surface area (Å²) in [5, 5.41) is 0. The van der Waals surface area contributed by atoms with Crippen molar-refractivity contribution in [2.75, 3.05) is 11.5 Å². The summed E-state index contributed by atoms with van der Waals surface area (Å²) >= 11 is 0. The van der Waals surface area contributed by atoms with Gasteiger partial charge in [0.05, 0.1) is 6.57 Å². The lowest BCUT2D eigenvalue weighted by atomic mass is 10.0. The summed E-state index contributed by atoms with van der Waals surface area (Å²) < 4.78 is 0. The lowest BCUT2D eigenvalue weighted by Crippen LogP contribution is -1.98. The maximum atomic E-state index is 6.90. The summed E-state index contributed by atoms with van der Waals surface area (Å²) in [6.45, 7) is 6.90. The van der Waals surface area contributed by atoms with Crippen molar-refractivity contribution >= 4 is 17.1 Å². The second-order valence-electron chi connectivity index (χ2n) is 4.24. The molecular weight excluding hydrogens is 222 g/mol. The van der Waals surface area contributed by atoms with E-state index in [0.29, 0.717) is 11.4 Å². The van der Waals surface area contributed by atoms with Crippen LogP contribution in [0.3, 0.4) is 0 Å². The molecule has 2 aromatic carbocycles. The third kappa shape index (κ3) is 2.80. The average molecular weight is 237 g/mol. The quantitative estimate of drug-likeness (QED) is 0.636. The molecule has 3 heteroatoms. The van der Waals surface area contributed by atoms with E-state index >= 15 is 0 Å². The van der Waals surface area contributed by atoms with Crippen LogP contribution in [-0.2, 0) is 12.8 Å². The molecule has 90 valence electrons. The molecule has 0 aliphatic rings. The molecular formula is C15H15N3. The standard InChI is InChI=1S/C15H15N3/c1-18-14-8-3-11(4-9-14)2-5-12-6-7-13(16)10-15(12)17/h3-4,6-10H,2,5,16-17H2. The Morgan fingerprint density at radius 1 is 0.944 bits per heavy atom. The van der Waals surface area contributed by atoms with E-state index in [1.165, 1.54) is 5.56 Å². The number of aryl methyl sites for hydroxylation is 2. The van der Waals surface area contributed by atoms with Gasteiger partial charge in [0.2, 0.25) is 0 Å². The molecule has 0 saturated carbocycles. The van der Waals surface area contributed by atoms with Crippen LogP contribution in [0.1, 0.15) is 11.1 Å². The molecule has 0 aliphatic heterocycles. The maximum absolute atomic E-state index is 6.90. The van der Waals surface area contributed by atoms with Gasteiger partial charge in [-0.05, 0) is 30.5 Å². The Balaban J connectivity index is 2.04. The topological polar surface area (TPSA) is 56.4 Å². The smallest absolute Gasteiger partial charge is 0.187 e. The number of nitrogens with two attached hydrogens (primary N) is 2. The van der Waals surface area contributed by atoms with Crippen molar-refractivity contribution < 1.29 is 0 Å². The second-order valence-corrected chi connectivity index (χ2v) is 4.24. The number of hydrogen-bond donors (Lipinski definition) is 2. The van der Waals surface area contributed by atoms with Gasteiger partial charge in [-0.3, -0.25) is 0 Å². The molecule has 0 radical (unpaired) electrons. The monoisotopic (exact) mass is 237 g/mol. The molecule has 0 saturated heterocycles. The Labute approximate surface area is 107 Å². The molecule has 2 aromatic rings. The zero-order valence-corrected chi connectivity index (χ0v) is 10.1. The van der Waals surface area contributed by atoms with Crippen molar-refractivity contribution in [2.24, 2.45) is 0 Å². The van der Waals surface area contributed by atoms with Crippen molar-refractivity contribution in [3.8, 4) is 0 Å². The molecule has 0 bridgehead atoms. The predicted molar refractivity (Wildman–Crippen MR) is 75.4 cm³/mol. The molecule has 18 heavy (non-hydrogen) atoms. The number of nitrogens with zero attached hydrogens (tertiary/aromatic N) is 1. The molecule has 0 aliphatic carbocycles. The summed E-state index contributed by atoms with van der Waals surface area (Å²) in [6, 6.07) is 13.3. The molecule has 0 fully saturated rings. The van der Waals surface area contributed by atoms with Crippen LogP contribution < -0.4 is 11.5 Å². The minimum absolute atomic E-state index is 0.672. The van der Waals surface area contributed by atoms with Crippen molar-refractivity contribution in [1.29, 1.82) is 0 Å². The van der Waals surface area contributed by atoms with Crippen LogP contribution in [0.5, 0.6) is 0 Å². The molecule has 0 spiro atoms. The zero-order chi connectivity index (χ0) is 13.0. The predicted octanol–water partition coefficient (Wildman–Crippen LogP) is 3.19. The molecule has 2 rings (SSSR count). The van der Waals surface area contributed by atoms with E-state index in [9.17, 15) is 0 Å². The van der Waals surface area contributed by atoms with Gasteiger partial charge >= 0.3 is 0 Å². The SMILES string of the molecule is [C-]#[N+]c1ccc(CCc2ccc(N)cc2N)cc1. The summed E-state index contributed by atoms with van der Waals surface area (Å²) in [4.78, 5) is 3.37. The second kappa shape index (κ2) is 5.24. The van der Waals surface area contributed by atoms with Crippen LogP contribution in [0, 0.1) is 6.57 Å². The fourth-order valence-corrected chi connectivity index (χ4v) is 1.86. The van der Waals surface area contributed by atoms with Gasteiger partial charge in [0.15, 0.2) is 5.69 Å². The van der Waals surface area contributed by atoms with Crippen molar-refractivity contribution in [3.05, 3.63) is 65.0 Å². The first kappa shape index (κ1) is 12.0. The third-order valence-corrected chi connectivity index (χ3v) is 2.92. The van der Waals surface area contributed by atoms with Crippen molar-refractivity contribution in [1.82, 2.24) is 0 Å². The van der Waals surface area contributed by atoms with Gasteiger partial charge in [-0.15, -0.1) is 0 Å².